The molecular weight excluding hydrogens is 250 g/mol. The Morgan fingerprint density at radius 2 is 1.95 bits per heavy atom. The number of nitrogens with zero attached hydrogens (tertiary/aromatic N) is 1. The van der Waals surface area contributed by atoms with Crippen LogP contribution in [-0.4, -0.2) is 11.8 Å². The first-order chi connectivity index (χ1) is 9.40. The van der Waals surface area contributed by atoms with Gasteiger partial charge in [-0.1, -0.05) is 44.0 Å². The van der Waals surface area contributed by atoms with Crippen molar-refractivity contribution in [3.8, 4) is 0 Å². The molecule has 0 heterocycles. The maximum absolute atomic E-state index is 12.1. The van der Waals surface area contributed by atoms with Crippen molar-refractivity contribution in [1.82, 2.24) is 0 Å². The number of fused-ring (bicyclic) bond motifs is 1. The van der Waals surface area contributed by atoms with Gasteiger partial charge in [-0.3, -0.25) is 4.79 Å². The number of rotatable bonds is 1. The second kappa shape index (κ2) is 6.47. The average molecular weight is 277 g/mol. The van der Waals surface area contributed by atoms with E-state index < -0.39 is 0 Å². The van der Waals surface area contributed by atoms with Crippen LogP contribution >= 0.6 is 0 Å². The Kier molecular flexibility index (Phi) is 5.43. The van der Waals surface area contributed by atoms with Crippen LogP contribution in [0.2, 0.25) is 0 Å². The van der Waals surface area contributed by atoms with Crippen LogP contribution in [0.3, 0.4) is 0 Å². The largest absolute Gasteiger partial charge is 0.290 e. The molecule has 3 nitrogen and oxygen atoms in total. The van der Waals surface area contributed by atoms with Crippen molar-refractivity contribution in [3.05, 3.63) is 27.7 Å². The predicted molar refractivity (Wildman–Crippen MR) is 83.5 cm³/mol. The highest BCUT2D eigenvalue weighted by Gasteiger charge is 2.46. The molecule has 1 fully saturated rings. The van der Waals surface area contributed by atoms with E-state index in [4.69, 9.17) is 0 Å². The van der Waals surface area contributed by atoms with E-state index in [1.807, 2.05) is 33.8 Å². The van der Waals surface area contributed by atoms with Crippen molar-refractivity contribution in [3.63, 3.8) is 0 Å². The maximum atomic E-state index is 12.1. The van der Waals surface area contributed by atoms with E-state index in [1.165, 1.54) is 5.57 Å². The molecule has 0 saturated heterocycles. The van der Waals surface area contributed by atoms with Gasteiger partial charge >= 0.3 is 0 Å². The third kappa shape index (κ3) is 2.77. The van der Waals surface area contributed by atoms with Gasteiger partial charge in [-0.05, 0) is 56.1 Å². The third-order valence-corrected chi connectivity index (χ3v) is 4.91. The van der Waals surface area contributed by atoms with E-state index in [2.05, 4.69) is 19.0 Å². The Bertz CT molecular complexity index is 458. The summed E-state index contributed by atoms with van der Waals surface area (Å²) in [6, 6.07) is -0.112. The highest BCUT2D eigenvalue weighted by atomic mass is 16.3. The van der Waals surface area contributed by atoms with Crippen molar-refractivity contribution >= 4 is 5.78 Å². The highest BCUT2D eigenvalue weighted by Crippen LogP contribution is 2.52. The van der Waals surface area contributed by atoms with Crippen molar-refractivity contribution in [2.24, 2.45) is 16.5 Å². The molecule has 0 aromatic carbocycles. The van der Waals surface area contributed by atoms with Crippen LogP contribution in [0.4, 0.5) is 0 Å². The van der Waals surface area contributed by atoms with E-state index in [-0.39, 0.29) is 23.2 Å². The molecule has 0 N–H and O–H groups in total. The Balaban J connectivity index is 0.000000956. The number of nitroso groups, excluding NO2 is 1. The van der Waals surface area contributed by atoms with E-state index in [1.54, 1.807) is 0 Å². The van der Waals surface area contributed by atoms with Gasteiger partial charge < -0.3 is 0 Å². The molecule has 3 unspecified atom stereocenters. The lowest BCUT2D eigenvalue weighted by Crippen LogP contribution is -2.42. The summed E-state index contributed by atoms with van der Waals surface area (Å²) in [6.07, 6.45) is 4.18. The van der Waals surface area contributed by atoms with Gasteiger partial charge in [-0.15, -0.1) is 0 Å². The first-order valence-corrected chi connectivity index (χ1v) is 7.64. The lowest BCUT2D eigenvalue weighted by molar-refractivity contribution is -0.112. The van der Waals surface area contributed by atoms with Gasteiger partial charge in [0.05, 0.1) is 6.04 Å². The Morgan fingerprint density at radius 1 is 1.35 bits per heavy atom. The fraction of sp³-hybridized carbons (Fsp3) is 0.706. The second-order valence-electron chi connectivity index (χ2n) is 6.11. The van der Waals surface area contributed by atoms with Gasteiger partial charge in [0.25, 0.3) is 0 Å². The number of allylic oxidation sites excluding steroid dienone is 4. The molecular formula is C17H27NO2. The lowest BCUT2D eigenvalue weighted by Gasteiger charge is -2.46. The highest BCUT2D eigenvalue weighted by molar-refractivity contribution is 6.06. The van der Waals surface area contributed by atoms with Crippen LogP contribution in [0.1, 0.15) is 60.8 Å². The zero-order chi connectivity index (χ0) is 15.5. The quantitative estimate of drug-likeness (QED) is 0.509. The minimum Gasteiger partial charge on any atom is -0.290 e. The number of carbonyl (C=O) groups is 1. The van der Waals surface area contributed by atoms with Crippen LogP contribution in [0, 0.1) is 16.2 Å². The summed E-state index contributed by atoms with van der Waals surface area (Å²) in [7, 11) is 0. The van der Waals surface area contributed by atoms with Gasteiger partial charge in [0.15, 0.2) is 5.78 Å². The number of carbonyl (C=O) groups excluding carboxylic acids is 1. The summed E-state index contributed by atoms with van der Waals surface area (Å²) in [5, 5.41) is 3.28. The van der Waals surface area contributed by atoms with Gasteiger partial charge in [-0.25, -0.2) is 0 Å². The molecule has 112 valence electrons. The monoisotopic (exact) mass is 277 g/mol. The molecule has 0 spiro atoms. The van der Waals surface area contributed by atoms with Gasteiger partial charge in [0.1, 0.15) is 0 Å². The van der Waals surface area contributed by atoms with Crippen molar-refractivity contribution in [1.29, 1.82) is 0 Å². The molecule has 3 atom stereocenters. The molecule has 2 rings (SSSR count). The van der Waals surface area contributed by atoms with E-state index in [9.17, 15) is 9.70 Å². The smallest absolute Gasteiger partial charge is 0.181 e. The maximum Gasteiger partial charge on any atom is 0.181 e. The number of hydrogen-bond acceptors (Lipinski definition) is 3. The molecule has 0 aromatic heterocycles. The first-order valence-electron chi connectivity index (χ1n) is 7.64. The predicted octanol–water partition coefficient (Wildman–Crippen LogP) is 4.82. The molecule has 2 aliphatic rings. The van der Waals surface area contributed by atoms with Crippen LogP contribution in [0.25, 0.3) is 0 Å². The summed E-state index contributed by atoms with van der Waals surface area (Å²) in [5.41, 5.74) is 3.15. The molecule has 0 bridgehead atoms. The van der Waals surface area contributed by atoms with Gasteiger partial charge in [-0.2, -0.15) is 4.91 Å². The lowest BCUT2D eigenvalue weighted by atomic mass is 9.58. The minimum absolute atomic E-state index is 0.0721. The molecule has 0 aromatic rings. The normalized spacial score (nSPS) is 32.6. The van der Waals surface area contributed by atoms with Gasteiger partial charge in [0.2, 0.25) is 0 Å². The summed E-state index contributed by atoms with van der Waals surface area (Å²) in [4.78, 5) is 23.0. The molecule has 0 amide bonds. The van der Waals surface area contributed by atoms with E-state index >= 15 is 0 Å². The second-order valence-corrected chi connectivity index (χ2v) is 6.11. The van der Waals surface area contributed by atoms with Crippen molar-refractivity contribution in [2.45, 2.75) is 66.8 Å². The summed E-state index contributed by atoms with van der Waals surface area (Å²) in [6.45, 7) is 12.2. The zero-order valence-corrected chi connectivity index (χ0v) is 13.6. The number of ketones is 1. The van der Waals surface area contributed by atoms with Crippen LogP contribution in [0.5, 0.6) is 0 Å². The Labute approximate surface area is 122 Å². The third-order valence-electron chi connectivity index (χ3n) is 4.91. The molecule has 20 heavy (non-hydrogen) atoms. The van der Waals surface area contributed by atoms with Crippen LogP contribution in [0.15, 0.2) is 28.0 Å². The molecule has 0 aliphatic heterocycles. The minimum atomic E-state index is -0.112. The van der Waals surface area contributed by atoms with Crippen LogP contribution in [-0.2, 0) is 4.79 Å². The summed E-state index contributed by atoms with van der Waals surface area (Å²) in [5.74, 6) is 0.365. The first kappa shape index (κ1) is 16.8. The van der Waals surface area contributed by atoms with Gasteiger partial charge in [0, 0.05) is 0 Å². The van der Waals surface area contributed by atoms with E-state index in [0.717, 1.165) is 30.4 Å². The molecule has 0 radical (unpaired) electrons. The average Bonchev–Trinajstić information content (AvgIpc) is 2.43. The topological polar surface area (TPSA) is 46.5 Å². The Hall–Kier alpha value is -1.25. The fourth-order valence-corrected chi connectivity index (χ4v) is 3.33. The van der Waals surface area contributed by atoms with E-state index in [0.29, 0.717) is 0 Å². The summed E-state index contributed by atoms with van der Waals surface area (Å²) < 4.78 is 0. The zero-order valence-electron chi connectivity index (χ0n) is 13.6. The summed E-state index contributed by atoms with van der Waals surface area (Å²) >= 11 is 0. The SMILES string of the molecule is CC.CC(C)=C1CC2(C)C(=CC1=O)CCC(N=O)C2C. The molecule has 3 heteroatoms. The fourth-order valence-electron chi connectivity index (χ4n) is 3.33. The standard InChI is InChI=1S/C15H21NO2.C2H6/c1-9(2)12-8-15(4)10(3)13(16-18)6-5-11(15)7-14(12)17;1-2/h7,10,13H,5-6,8H2,1-4H3;1-2H3. The van der Waals surface area contributed by atoms with Crippen molar-refractivity contribution in [2.75, 3.05) is 0 Å². The molecule has 2 aliphatic carbocycles. The Morgan fingerprint density at radius 3 is 2.45 bits per heavy atom. The van der Waals surface area contributed by atoms with Crippen LogP contribution < -0.4 is 0 Å². The van der Waals surface area contributed by atoms with Crippen molar-refractivity contribution < 1.29 is 4.79 Å². The number of hydrogen-bond donors (Lipinski definition) is 0. The molecule has 1 saturated carbocycles.